The molecule has 0 radical (unpaired) electrons. The van der Waals surface area contributed by atoms with Crippen molar-refractivity contribution >= 4 is 0 Å². The standard InChI is InChI=1S/C5H12O2.H2O/c6-4-2-1-3-5-7;/h6-7H,1-5H2;1H2. The zero-order valence-electron chi connectivity index (χ0n) is 4.93. The molecule has 0 fully saturated rings. The average molecular weight is 122 g/mol. The lowest BCUT2D eigenvalue weighted by molar-refractivity contribution is 0.257. The highest BCUT2D eigenvalue weighted by Crippen LogP contribution is 1.90. The van der Waals surface area contributed by atoms with E-state index >= 15 is 0 Å². The molecule has 3 heteroatoms. The summed E-state index contributed by atoms with van der Waals surface area (Å²) in [5, 5.41) is 16.4. The minimum Gasteiger partial charge on any atom is -0.412 e. The predicted octanol–water partition coefficient (Wildman–Crippen LogP) is -0.683. The highest BCUT2D eigenvalue weighted by molar-refractivity contribution is 4.35. The van der Waals surface area contributed by atoms with Crippen LogP contribution in [0.25, 0.3) is 0 Å². The number of hydrogen-bond acceptors (Lipinski definition) is 2. The molecule has 0 spiro atoms. The fourth-order valence-corrected chi connectivity index (χ4v) is 0.400. The summed E-state index contributed by atoms with van der Waals surface area (Å²) in [6.07, 6.45) is 2.58. The summed E-state index contributed by atoms with van der Waals surface area (Å²) in [4.78, 5) is 0. The highest BCUT2D eigenvalue weighted by Gasteiger charge is 1.81. The molecule has 0 aromatic rings. The maximum Gasteiger partial charge on any atom is 0.0431 e. The highest BCUT2D eigenvalue weighted by atomic mass is 16.3. The largest absolute Gasteiger partial charge is 0.412 e. The van der Waals surface area contributed by atoms with Gasteiger partial charge in [-0.1, -0.05) is 0 Å². The molecule has 0 saturated carbocycles. The Balaban J connectivity index is 0. The molecule has 0 aromatic carbocycles. The van der Waals surface area contributed by atoms with Gasteiger partial charge in [-0.25, -0.2) is 0 Å². The summed E-state index contributed by atoms with van der Waals surface area (Å²) in [5.74, 6) is 0. The third-order valence-electron chi connectivity index (χ3n) is 0.816. The van der Waals surface area contributed by atoms with Crippen LogP contribution >= 0.6 is 0 Å². The second kappa shape index (κ2) is 9.99. The minimum absolute atomic E-state index is 0. The van der Waals surface area contributed by atoms with Gasteiger partial charge in [-0.05, 0) is 19.3 Å². The first-order valence-electron chi connectivity index (χ1n) is 2.63. The molecule has 8 heavy (non-hydrogen) atoms. The zero-order chi connectivity index (χ0) is 5.54. The monoisotopic (exact) mass is 122 g/mol. The Labute approximate surface area is 49.3 Å². The molecule has 0 unspecified atom stereocenters. The van der Waals surface area contributed by atoms with Crippen molar-refractivity contribution in [2.75, 3.05) is 13.2 Å². The first kappa shape index (κ1) is 10.8. The van der Waals surface area contributed by atoms with Crippen LogP contribution in [-0.4, -0.2) is 28.9 Å². The molecule has 0 amide bonds. The van der Waals surface area contributed by atoms with Gasteiger partial charge in [0.05, 0.1) is 0 Å². The Morgan fingerprint density at radius 3 is 1.38 bits per heavy atom. The van der Waals surface area contributed by atoms with Crippen molar-refractivity contribution in [2.24, 2.45) is 0 Å². The summed E-state index contributed by atoms with van der Waals surface area (Å²) >= 11 is 0. The summed E-state index contributed by atoms with van der Waals surface area (Å²) in [7, 11) is 0. The van der Waals surface area contributed by atoms with Crippen LogP contribution in [0.1, 0.15) is 19.3 Å². The van der Waals surface area contributed by atoms with E-state index in [-0.39, 0.29) is 18.7 Å². The fourth-order valence-electron chi connectivity index (χ4n) is 0.400. The Kier molecular flexibility index (Phi) is 13.5. The van der Waals surface area contributed by atoms with Gasteiger partial charge in [-0.2, -0.15) is 0 Å². The molecule has 0 atom stereocenters. The molecule has 0 heterocycles. The number of aliphatic hydroxyl groups excluding tert-OH is 2. The van der Waals surface area contributed by atoms with E-state index < -0.39 is 0 Å². The van der Waals surface area contributed by atoms with Crippen molar-refractivity contribution < 1.29 is 15.7 Å². The van der Waals surface area contributed by atoms with Crippen LogP contribution in [0.3, 0.4) is 0 Å². The van der Waals surface area contributed by atoms with Crippen molar-refractivity contribution in [3.8, 4) is 0 Å². The van der Waals surface area contributed by atoms with Gasteiger partial charge >= 0.3 is 0 Å². The second-order valence-electron chi connectivity index (χ2n) is 1.51. The van der Waals surface area contributed by atoms with E-state index in [1.807, 2.05) is 0 Å². The quantitative estimate of drug-likeness (QED) is 0.485. The first-order chi connectivity index (χ1) is 3.41. The van der Waals surface area contributed by atoms with Crippen molar-refractivity contribution in [2.45, 2.75) is 19.3 Å². The van der Waals surface area contributed by atoms with Gasteiger partial charge in [-0.15, -0.1) is 0 Å². The van der Waals surface area contributed by atoms with E-state index in [9.17, 15) is 0 Å². The fraction of sp³-hybridized carbons (Fsp3) is 1.00. The number of rotatable bonds is 4. The normalized spacial score (nSPS) is 8.25. The Morgan fingerprint density at radius 2 is 1.12 bits per heavy atom. The van der Waals surface area contributed by atoms with Gasteiger partial charge in [0, 0.05) is 13.2 Å². The van der Waals surface area contributed by atoms with E-state index in [0.717, 1.165) is 19.3 Å². The van der Waals surface area contributed by atoms with Crippen molar-refractivity contribution in [1.82, 2.24) is 0 Å². The summed E-state index contributed by atoms with van der Waals surface area (Å²) < 4.78 is 0. The smallest absolute Gasteiger partial charge is 0.0431 e. The second-order valence-corrected chi connectivity index (χ2v) is 1.51. The minimum atomic E-state index is 0. The molecular weight excluding hydrogens is 108 g/mol. The number of aliphatic hydroxyl groups is 2. The van der Waals surface area contributed by atoms with E-state index in [0.29, 0.717) is 0 Å². The Hall–Kier alpha value is -0.120. The van der Waals surface area contributed by atoms with Gasteiger partial charge < -0.3 is 15.7 Å². The predicted molar refractivity (Wildman–Crippen MR) is 31.6 cm³/mol. The van der Waals surface area contributed by atoms with E-state index in [1.54, 1.807) is 0 Å². The SMILES string of the molecule is O.OCCCCCO. The van der Waals surface area contributed by atoms with Crippen LogP contribution in [0, 0.1) is 0 Å². The van der Waals surface area contributed by atoms with Gasteiger partial charge in [0.15, 0.2) is 0 Å². The number of hydrogen-bond donors (Lipinski definition) is 2. The van der Waals surface area contributed by atoms with Crippen LogP contribution in [0.4, 0.5) is 0 Å². The van der Waals surface area contributed by atoms with Crippen LogP contribution in [0.5, 0.6) is 0 Å². The van der Waals surface area contributed by atoms with E-state index in [4.69, 9.17) is 10.2 Å². The Morgan fingerprint density at radius 1 is 0.750 bits per heavy atom. The third kappa shape index (κ3) is 9.30. The third-order valence-corrected chi connectivity index (χ3v) is 0.816. The molecule has 0 aliphatic carbocycles. The molecule has 3 nitrogen and oxygen atoms in total. The molecule has 0 rings (SSSR count). The molecule has 0 saturated heterocycles. The molecule has 0 aromatic heterocycles. The van der Waals surface area contributed by atoms with Crippen molar-refractivity contribution in [1.29, 1.82) is 0 Å². The molecule has 0 bridgehead atoms. The molecule has 0 aliphatic heterocycles. The summed E-state index contributed by atoms with van der Waals surface area (Å²) in [6, 6.07) is 0. The van der Waals surface area contributed by atoms with Gasteiger partial charge in [-0.3, -0.25) is 0 Å². The van der Waals surface area contributed by atoms with Crippen LogP contribution in [0.2, 0.25) is 0 Å². The molecule has 0 aliphatic rings. The van der Waals surface area contributed by atoms with Crippen LogP contribution in [-0.2, 0) is 0 Å². The van der Waals surface area contributed by atoms with Gasteiger partial charge in [0.1, 0.15) is 0 Å². The van der Waals surface area contributed by atoms with Crippen LogP contribution < -0.4 is 0 Å². The molecule has 4 N–H and O–H groups in total. The van der Waals surface area contributed by atoms with Crippen molar-refractivity contribution in [3.05, 3.63) is 0 Å². The van der Waals surface area contributed by atoms with E-state index in [2.05, 4.69) is 0 Å². The Bertz CT molecular complexity index is 26.9. The molecular formula is C5H14O3. The summed E-state index contributed by atoms with van der Waals surface area (Å²) in [6.45, 7) is 0.500. The van der Waals surface area contributed by atoms with Gasteiger partial charge in [0.2, 0.25) is 0 Å². The summed E-state index contributed by atoms with van der Waals surface area (Å²) in [5.41, 5.74) is 0. The lowest BCUT2D eigenvalue weighted by Gasteiger charge is -1.90. The number of unbranched alkanes of at least 4 members (excludes halogenated alkanes) is 2. The van der Waals surface area contributed by atoms with Crippen LogP contribution in [0.15, 0.2) is 0 Å². The lowest BCUT2D eigenvalue weighted by Crippen LogP contribution is -1.85. The maximum atomic E-state index is 8.21. The maximum absolute atomic E-state index is 8.21. The zero-order valence-corrected chi connectivity index (χ0v) is 4.93. The average Bonchev–Trinajstić information content (AvgIpc) is 1.69. The van der Waals surface area contributed by atoms with Gasteiger partial charge in [0.25, 0.3) is 0 Å². The molecule has 52 valence electrons. The lowest BCUT2D eigenvalue weighted by atomic mass is 10.2. The first-order valence-corrected chi connectivity index (χ1v) is 2.63. The topological polar surface area (TPSA) is 72.0 Å². The van der Waals surface area contributed by atoms with E-state index in [1.165, 1.54) is 0 Å². The van der Waals surface area contributed by atoms with Crippen molar-refractivity contribution in [3.63, 3.8) is 0 Å².